The first-order valence-corrected chi connectivity index (χ1v) is 10.3. The van der Waals surface area contributed by atoms with E-state index in [0.29, 0.717) is 6.42 Å². The summed E-state index contributed by atoms with van der Waals surface area (Å²) in [5, 5.41) is 6.48. The van der Waals surface area contributed by atoms with Crippen LogP contribution >= 0.6 is 11.3 Å². The molecule has 1 atom stereocenters. The molecule has 29 heavy (non-hydrogen) atoms. The normalized spacial score (nSPS) is 16.7. The molecule has 7 heteroatoms. The number of hydrazone groups is 1. The fourth-order valence-corrected chi connectivity index (χ4v) is 4.29. The molecule has 3 heterocycles. The molecular formula is C22H20FN5S. The Morgan fingerprint density at radius 2 is 1.97 bits per heavy atom. The zero-order valence-electron chi connectivity index (χ0n) is 16.6. The topological polar surface area (TPSA) is 44.9 Å². The summed E-state index contributed by atoms with van der Waals surface area (Å²) in [7, 11) is 0. The highest BCUT2D eigenvalue weighted by Crippen LogP contribution is 2.24. The fraction of sp³-hybridized carbons (Fsp3) is 0.182. The van der Waals surface area contributed by atoms with Crippen LogP contribution in [0.5, 0.6) is 0 Å². The molecule has 0 aliphatic carbocycles. The summed E-state index contributed by atoms with van der Waals surface area (Å²) < 4.78 is 23.5. The minimum atomic E-state index is -0.574. The number of hydrogen-bond acceptors (Lipinski definition) is 5. The number of amidine groups is 1. The van der Waals surface area contributed by atoms with Crippen LogP contribution in [0.3, 0.4) is 0 Å². The Hall–Kier alpha value is -3.19. The molecule has 146 valence electrons. The van der Waals surface area contributed by atoms with E-state index in [9.17, 15) is 4.39 Å². The summed E-state index contributed by atoms with van der Waals surface area (Å²) in [5.41, 5.74) is 6.88. The van der Waals surface area contributed by atoms with E-state index in [1.807, 2.05) is 29.3 Å². The maximum atomic E-state index is 13.2. The van der Waals surface area contributed by atoms with Gasteiger partial charge in [0.1, 0.15) is 18.3 Å². The zero-order chi connectivity index (χ0) is 20.5. The molecule has 0 radical (unpaired) electrons. The number of nitrogens with zero attached hydrogens (tertiary/aromatic N) is 4. The lowest BCUT2D eigenvalue weighted by atomic mass is 10.1. The number of halogens is 1. The lowest BCUT2D eigenvalue weighted by Crippen LogP contribution is -2.32. The predicted molar refractivity (Wildman–Crippen MR) is 114 cm³/mol. The van der Waals surface area contributed by atoms with Gasteiger partial charge in [-0.2, -0.15) is 5.10 Å². The standard InChI is InChI=1S/C22H20FN5S/c23-18-8-6-17(7-9-18)20-13-28-19(14-29-22(28)25-20)12-21-26-24-15-27(21)11-10-16-4-2-1-3-5-16/h1-9,13-14,24H,10-12,15H2/i15D. The monoisotopic (exact) mass is 406 g/mol. The maximum absolute atomic E-state index is 13.2. The highest BCUT2D eigenvalue weighted by atomic mass is 32.1. The Morgan fingerprint density at radius 3 is 2.79 bits per heavy atom. The molecule has 0 amide bonds. The Morgan fingerprint density at radius 1 is 1.14 bits per heavy atom. The van der Waals surface area contributed by atoms with Crippen molar-refractivity contribution in [3.63, 3.8) is 0 Å². The molecule has 1 aliphatic heterocycles. The molecule has 1 N–H and O–H groups in total. The van der Waals surface area contributed by atoms with Gasteiger partial charge in [-0.25, -0.2) is 9.37 Å². The number of rotatable bonds is 6. The van der Waals surface area contributed by atoms with Crippen molar-refractivity contribution in [2.45, 2.75) is 12.8 Å². The molecule has 0 saturated heterocycles. The SMILES string of the molecule is [2H]C1NN=C(Cc2csc3nc(-c4ccc(F)cc4)cn23)N1CCc1ccccc1. The fourth-order valence-electron chi connectivity index (χ4n) is 3.42. The summed E-state index contributed by atoms with van der Waals surface area (Å²) in [6.45, 7) is 0.151. The van der Waals surface area contributed by atoms with Crippen LogP contribution in [0, 0.1) is 5.82 Å². The van der Waals surface area contributed by atoms with Crippen molar-refractivity contribution in [2.75, 3.05) is 13.2 Å². The summed E-state index contributed by atoms with van der Waals surface area (Å²) in [4.78, 5) is 7.55. The van der Waals surface area contributed by atoms with Crippen molar-refractivity contribution in [3.8, 4) is 11.3 Å². The van der Waals surface area contributed by atoms with Crippen molar-refractivity contribution in [2.24, 2.45) is 5.10 Å². The van der Waals surface area contributed by atoms with E-state index in [2.05, 4.69) is 37.4 Å². The van der Waals surface area contributed by atoms with E-state index >= 15 is 0 Å². The van der Waals surface area contributed by atoms with E-state index in [-0.39, 0.29) is 5.82 Å². The van der Waals surface area contributed by atoms with E-state index < -0.39 is 6.64 Å². The average molecular weight is 407 g/mol. The molecule has 1 unspecified atom stereocenters. The summed E-state index contributed by atoms with van der Waals surface area (Å²) in [5.74, 6) is 0.593. The molecular weight excluding hydrogens is 385 g/mol. The van der Waals surface area contributed by atoms with Gasteiger partial charge in [0.2, 0.25) is 0 Å². The van der Waals surface area contributed by atoms with Crippen LogP contribution in [0.25, 0.3) is 16.2 Å². The van der Waals surface area contributed by atoms with Crippen molar-refractivity contribution in [1.82, 2.24) is 19.7 Å². The van der Waals surface area contributed by atoms with Crippen LogP contribution in [-0.2, 0) is 12.8 Å². The van der Waals surface area contributed by atoms with Gasteiger partial charge in [-0.15, -0.1) is 11.3 Å². The third-order valence-corrected chi connectivity index (χ3v) is 5.87. The lowest BCUT2D eigenvalue weighted by molar-refractivity contribution is 0.424. The van der Waals surface area contributed by atoms with Gasteiger partial charge in [-0.3, -0.25) is 9.83 Å². The maximum Gasteiger partial charge on any atom is 0.194 e. The van der Waals surface area contributed by atoms with Gasteiger partial charge in [0, 0.05) is 35.8 Å². The van der Waals surface area contributed by atoms with Crippen molar-refractivity contribution >= 4 is 22.1 Å². The largest absolute Gasteiger partial charge is 0.339 e. The highest BCUT2D eigenvalue weighted by molar-refractivity contribution is 7.15. The number of imidazole rings is 1. The quantitative estimate of drug-likeness (QED) is 0.523. The van der Waals surface area contributed by atoms with Gasteiger partial charge in [0.25, 0.3) is 0 Å². The van der Waals surface area contributed by atoms with Crippen LogP contribution in [0.1, 0.15) is 12.6 Å². The number of aromatic nitrogens is 2. The van der Waals surface area contributed by atoms with Gasteiger partial charge in [-0.1, -0.05) is 30.3 Å². The first kappa shape index (κ1) is 16.7. The molecule has 0 fully saturated rings. The third kappa shape index (κ3) is 3.73. The zero-order valence-corrected chi connectivity index (χ0v) is 16.4. The van der Waals surface area contributed by atoms with Gasteiger partial charge < -0.3 is 4.90 Å². The van der Waals surface area contributed by atoms with E-state index in [1.54, 1.807) is 23.5 Å². The first-order valence-electron chi connectivity index (χ1n) is 10.0. The van der Waals surface area contributed by atoms with Crippen LogP contribution in [-0.4, -0.2) is 33.3 Å². The summed E-state index contributed by atoms with van der Waals surface area (Å²) in [6, 6.07) is 16.6. The van der Waals surface area contributed by atoms with E-state index in [1.165, 1.54) is 17.7 Å². The average Bonchev–Trinajstić information content (AvgIpc) is 3.44. The van der Waals surface area contributed by atoms with Crippen LogP contribution in [0.15, 0.2) is 71.3 Å². The molecule has 5 rings (SSSR count). The van der Waals surface area contributed by atoms with Crippen LogP contribution in [0.4, 0.5) is 4.39 Å². The molecule has 5 nitrogen and oxygen atoms in total. The molecule has 0 spiro atoms. The smallest absolute Gasteiger partial charge is 0.194 e. The molecule has 4 aromatic rings. The molecule has 2 aromatic carbocycles. The van der Waals surface area contributed by atoms with Gasteiger partial charge in [0.15, 0.2) is 4.96 Å². The Balaban J connectivity index is 1.34. The first-order chi connectivity index (χ1) is 14.7. The Kier molecular flexibility index (Phi) is 4.43. The van der Waals surface area contributed by atoms with Gasteiger partial charge >= 0.3 is 0 Å². The Bertz CT molecular complexity index is 1190. The second-order valence-electron chi connectivity index (χ2n) is 6.90. The van der Waals surface area contributed by atoms with Crippen molar-refractivity contribution in [1.29, 1.82) is 0 Å². The molecule has 2 aromatic heterocycles. The third-order valence-electron chi connectivity index (χ3n) is 4.99. The minimum Gasteiger partial charge on any atom is -0.339 e. The summed E-state index contributed by atoms with van der Waals surface area (Å²) in [6.07, 6.45) is 3.44. The van der Waals surface area contributed by atoms with Gasteiger partial charge in [0.05, 0.1) is 7.06 Å². The number of thiazole rings is 1. The summed E-state index contributed by atoms with van der Waals surface area (Å²) >= 11 is 1.57. The number of nitrogens with one attached hydrogen (secondary N) is 1. The minimum absolute atomic E-state index is 0.257. The van der Waals surface area contributed by atoms with Crippen LogP contribution in [0.2, 0.25) is 0 Å². The van der Waals surface area contributed by atoms with Gasteiger partial charge in [-0.05, 0) is 36.2 Å². The number of fused-ring (bicyclic) bond motifs is 1. The predicted octanol–water partition coefficient (Wildman–Crippen LogP) is 4.16. The van der Waals surface area contributed by atoms with Crippen molar-refractivity contribution in [3.05, 3.63) is 83.2 Å². The van der Waals surface area contributed by atoms with Crippen molar-refractivity contribution < 1.29 is 5.76 Å². The number of hydrogen-bond donors (Lipinski definition) is 1. The Labute approximate surface area is 173 Å². The number of benzene rings is 2. The molecule has 1 aliphatic rings. The molecule has 0 bridgehead atoms. The van der Waals surface area contributed by atoms with E-state index in [0.717, 1.165) is 40.7 Å². The molecule has 0 saturated carbocycles. The van der Waals surface area contributed by atoms with Crippen LogP contribution < -0.4 is 5.43 Å². The lowest BCUT2D eigenvalue weighted by Gasteiger charge is -2.19. The van der Waals surface area contributed by atoms with E-state index in [4.69, 9.17) is 1.37 Å². The highest BCUT2D eigenvalue weighted by Gasteiger charge is 2.19. The second kappa shape index (κ2) is 7.67. The second-order valence-corrected chi connectivity index (χ2v) is 7.74.